The van der Waals surface area contributed by atoms with Crippen LogP contribution in [0.4, 0.5) is 0 Å². The summed E-state index contributed by atoms with van der Waals surface area (Å²) in [6.07, 6.45) is 0.910. The molecule has 6 heteroatoms. The summed E-state index contributed by atoms with van der Waals surface area (Å²) in [6.45, 7) is 8.26. The minimum atomic E-state index is -0.573. The van der Waals surface area contributed by atoms with Crippen LogP contribution >= 0.6 is 0 Å². The Morgan fingerprint density at radius 1 is 1.30 bits per heavy atom. The van der Waals surface area contributed by atoms with E-state index in [2.05, 4.69) is 42.1 Å². The van der Waals surface area contributed by atoms with E-state index in [4.69, 9.17) is 4.74 Å². The number of Topliss-reactive ketones (excluding diaryl/α,β-unsaturated/α-hetero) is 1. The summed E-state index contributed by atoms with van der Waals surface area (Å²) in [5.74, 6) is 0.840. The number of benzene rings is 1. The Balaban J connectivity index is 1.48. The van der Waals surface area contributed by atoms with E-state index in [-0.39, 0.29) is 23.2 Å². The van der Waals surface area contributed by atoms with Crippen LogP contribution < -0.4 is 10.1 Å². The molecular formula is C21H29N3O3. The highest BCUT2D eigenvalue weighted by atomic mass is 16.5. The van der Waals surface area contributed by atoms with Crippen molar-refractivity contribution < 1.29 is 14.3 Å². The van der Waals surface area contributed by atoms with Gasteiger partial charge in [0.2, 0.25) is 5.91 Å². The van der Waals surface area contributed by atoms with Gasteiger partial charge in [-0.2, -0.15) is 0 Å². The first-order chi connectivity index (χ1) is 12.9. The molecule has 3 atom stereocenters. The molecule has 1 aromatic rings. The van der Waals surface area contributed by atoms with Crippen LogP contribution in [0, 0.1) is 6.92 Å². The smallest absolute Gasteiger partial charge is 0.234 e. The summed E-state index contributed by atoms with van der Waals surface area (Å²) < 4.78 is 6.20. The summed E-state index contributed by atoms with van der Waals surface area (Å²) in [5, 5.41) is 3.00. The lowest BCUT2D eigenvalue weighted by Gasteiger charge is -2.40. The quantitative estimate of drug-likeness (QED) is 0.862. The van der Waals surface area contributed by atoms with Crippen molar-refractivity contribution in [2.75, 3.05) is 39.8 Å². The molecule has 1 aromatic carbocycles. The fourth-order valence-corrected chi connectivity index (χ4v) is 4.62. The van der Waals surface area contributed by atoms with Crippen LogP contribution in [-0.2, 0) is 15.0 Å². The number of ketones is 1. The lowest BCUT2D eigenvalue weighted by molar-refractivity contribution is -0.134. The summed E-state index contributed by atoms with van der Waals surface area (Å²) in [7, 11) is 2.09. The van der Waals surface area contributed by atoms with Crippen LogP contribution in [0.2, 0.25) is 0 Å². The lowest BCUT2D eigenvalue weighted by Crippen LogP contribution is -2.61. The predicted molar refractivity (Wildman–Crippen MR) is 103 cm³/mol. The molecule has 0 unspecified atom stereocenters. The molecular weight excluding hydrogens is 342 g/mol. The van der Waals surface area contributed by atoms with Gasteiger partial charge in [0.25, 0.3) is 0 Å². The zero-order chi connectivity index (χ0) is 19.2. The first-order valence-electron chi connectivity index (χ1n) is 9.87. The molecule has 2 heterocycles. The van der Waals surface area contributed by atoms with Gasteiger partial charge in [0.15, 0.2) is 5.78 Å². The molecule has 3 aliphatic rings. The number of hydrogen-bond acceptors (Lipinski definition) is 5. The van der Waals surface area contributed by atoms with Gasteiger partial charge in [-0.3, -0.25) is 14.5 Å². The molecule has 0 bridgehead atoms. The maximum Gasteiger partial charge on any atom is 0.234 e. The Hall–Kier alpha value is -1.92. The molecule has 1 aliphatic carbocycles. The molecule has 1 amide bonds. The summed E-state index contributed by atoms with van der Waals surface area (Å²) in [6, 6.07) is 5.61. The van der Waals surface area contributed by atoms with Crippen molar-refractivity contribution in [2.24, 2.45) is 0 Å². The number of amides is 1. The molecule has 1 N–H and O–H groups in total. The summed E-state index contributed by atoms with van der Waals surface area (Å²) in [4.78, 5) is 29.7. The van der Waals surface area contributed by atoms with Gasteiger partial charge in [-0.15, -0.1) is 0 Å². The largest absolute Gasteiger partial charge is 0.487 e. The van der Waals surface area contributed by atoms with Crippen LogP contribution in [0.3, 0.4) is 0 Å². The van der Waals surface area contributed by atoms with Gasteiger partial charge in [0.05, 0.1) is 6.54 Å². The van der Waals surface area contributed by atoms with Crippen LogP contribution in [0.5, 0.6) is 5.75 Å². The first-order valence-corrected chi connectivity index (χ1v) is 9.87. The topological polar surface area (TPSA) is 61.9 Å². The van der Waals surface area contributed by atoms with Crippen molar-refractivity contribution in [2.45, 2.75) is 44.2 Å². The van der Waals surface area contributed by atoms with Crippen LogP contribution in [-0.4, -0.2) is 73.4 Å². The maximum atomic E-state index is 12.7. The molecule has 27 heavy (non-hydrogen) atoms. The number of fused-ring (bicyclic) bond motifs is 3. The minimum absolute atomic E-state index is 0.0775. The summed E-state index contributed by atoms with van der Waals surface area (Å²) >= 11 is 0. The number of aryl methyl sites for hydroxylation is 1. The predicted octanol–water partition coefficient (Wildman–Crippen LogP) is 1.11. The van der Waals surface area contributed by atoms with Crippen molar-refractivity contribution in [3.8, 4) is 5.75 Å². The molecule has 146 valence electrons. The highest BCUT2D eigenvalue weighted by molar-refractivity contribution is 5.91. The molecule has 6 nitrogen and oxygen atoms in total. The van der Waals surface area contributed by atoms with Gasteiger partial charge in [-0.25, -0.2) is 0 Å². The van der Waals surface area contributed by atoms with E-state index >= 15 is 0 Å². The van der Waals surface area contributed by atoms with E-state index in [1.165, 1.54) is 11.1 Å². The van der Waals surface area contributed by atoms with E-state index in [1.54, 1.807) is 0 Å². The highest BCUT2D eigenvalue weighted by Gasteiger charge is 2.54. The average molecular weight is 371 g/mol. The van der Waals surface area contributed by atoms with Crippen molar-refractivity contribution in [1.82, 2.24) is 15.1 Å². The third-order valence-corrected chi connectivity index (χ3v) is 6.45. The number of nitrogens with zero attached hydrogens (tertiary/aromatic N) is 2. The van der Waals surface area contributed by atoms with Crippen LogP contribution in [0.1, 0.15) is 30.9 Å². The van der Waals surface area contributed by atoms with Crippen LogP contribution in [0.15, 0.2) is 18.2 Å². The molecule has 0 aromatic heterocycles. The fraction of sp³-hybridized carbons (Fsp3) is 0.619. The highest BCUT2D eigenvalue weighted by Crippen LogP contribution is 2.49. The van der Waals surface area contributed by atoms with E-state index in [9.17, 15) is 9.59 Å². The van der Waals surface area contributed by atoms with Crippen molar-refractivity contribution in [3.63, 3.8) is 0 Å². The van der Waals surface area contributed by atoms with E-state index in [0.29, 0.717) is 13.0 Å². The Kier molecular flexibility index (Phi) is 4.72. The second kappa shape index (κ2) is 6.91. The normalized spacial score (nSPS) is 31.1. The number of nitrogens with one attached hydrogen (secondary N) is 1. The van der Waals surface area contributed by atoms with Crippen molar-refractivity contribution in [3.05, 3.63) is 29.3 Å². The Bertz CT molecular complexity index is 757. The van der Waals surface area contributed by atoms with E-state index in [0.717, 1.165) is 38.3 Å². The molecule has 1 saturated carbocycles. The zero-order valence-corrected chi connectivity index (χ0v) is 16.5. The number of likely N-dealkylation sites (N-methyl/N-ethyl adjacent to an activating group) is 1. The van der Waals surface area contributed by atoms with Gasteiger partial charge >= 0.3 is 0 Å². The average Bonchev–Trinajstić information content (AvgIpc) is 2.93. The lowest BCUT2D eigenvalue weighted by atomic mass is 9.67. The van der Waals surface area contributed by atoms with Gasteiger partial charge in [0, 0.05) is 43.6 Å². The molecule has 2 aliphatic heterocycles. The van der Waals surface area contributed by atoms with Gasteiger partial charge < -0.3 is 15.0 Å². The molecule has 0 radical (unpaired) electrons. The fourth-order valence-electron chi connectivity index (χ4n) is 4.62. The molecule has 4 rings (SSSR count). The third-order valence-electron chi connectivity index (χ3n) is 6.45. The summed E-state index contributed by atoms with van der Waals surface area (Å²) in [5.41, 5.74) is 2.12. The monoisotopic (exact) mass is 371 g/mol. The van der Waals surface area contributed by atoms with E-state index in [1.807, 2.05) is 12.1 Å². The van der Waals surface area contributed by atoms with E-state index < -0.39 is 6.04 Å². The number of rotatable bonds is 3. The van der Waals surface area contributed by atoms with Crippen molar-refractivity contribution in [1.29, 1.82) is 0 Å². The van der Waals surface area contributed by atoms with Gasteiger partial charge in [0.1, 0.15) is 17.9 Å². The standard InChI is InChI=1S/C21H29N3O3/c1-14-4-5-17-15(12-14)21(2)7-6-16(25)19(20(21)27-17)22-18(26)13-24-10-8-23(3)9-11-24/h4-5,12,19-20H,6-11,13H2,1-3H3,(H,22,26)/t19-,20-,21-/m1/s1. The SMILES string of the molecule is Cc1ccc2c(c1)[C@@]1(C)CCC(=O)[C@@H](NC(=O)CN3CCN(C)CC3)[C@H]1O2. The number of hydrogen-bond donors (Lipinski definition) is 1. The third kappa shape index (κ3) is 3.36. The molecule has 1 saturated heterocycles. The maximum absolute atomic E-state index is 12.7. The van der Waals surface area contributed by atoms with Crippen LogP contribution in [0.25, 0.3) is 0 Å². The second-order valence-electron chi connectivity index (χ2n) is 8.55. The number of ether oxygens (including phenoxy) is 1. The zero-order valence-electron chi connectivity index (χ0n) is 16.5. The van der Waals surface area contributed by atoms with Gasteiger partial charge in [-0.05, 0) is 26.5 Å². The van der Waals surface area contributed by atoms with Crippen molar-refractivity contribution >= 4 is 11.7 Å². The minimum Gasteiger partial charge on any atom is -0.487 e. The molecule has 0 spiro atoms. The Morgan fingerprint density at radius 2 is 2.04 bits per heavy atom. The Labute approximate surface area is 160 Å². The van der Waals surface area contributed by atoms with Gasteiger partial charge in [-0.1, -0.05) is 24.6 Å². The Morgan fingerprint density at radius 3 is 2.78 bits per heavy atom. The number of piperazine rings is 1. The number of carbonyl (C=O) groups is 2. The first kappa shape index (κ1) is 18.4. The molecule has 2 fully saturated rings. The number of carbonyl (C=O) groups excluding carboxylic acids is 2. The second-order valence-corrected chi connectivity index (χ2v) is 8.55.